The second-order valence-electron chi connectivity index (χ2n) is 4.46. The third-order valence-corrected chi connectivity index (χ3v) is 3.19. The first-order valence-corrected chi connectivity index (χ1v) is 6.42. The number of carbonyl (C=O) groups is 1. The van der Waals surface area contributed by atoms with Gasteiger partial charge in [-0.2, -0.15) is 0 Å². The maximum Gasteiger partial charge on any atom is 0.357 e. The number of nitrogens with two attached hydrogens (primary N) is 1. The molecule has 3 rings (SSSR count). The summed E-state index contributed by atoms with van der Waals surface area (Å²) in [7, 11) is 1.27. The summed E-state index contributed by atoms with van der Waals surface area (Å²) in [6.45, 7) is 3.79. The van der Waals surface area contributed by atoms with Crippen molar-refractivity contribution >= 4 is 17.9 Å². The van der Waals surface area contributed by atoms with Crippen LogP contribution in [0.25, 0.3) is 17.5 Å². The molecular formula is C15H13N3O4. The molecule has 0 bridgehead atoms. The topological polar surface area (TPSA) is 96.6 Å². The molecule has 1 aliphatic rings. The maximum absolute atomic E-state index is 11.9. The molecule has 7 nitrogen and oxygen atoms in total. The van der Waals surface area contributed by atoms with Crippen molar-refractivity contribution in [3.63, 3.8) is 0 Å². The number of anilines is 1. The Morgan fingerprint density at radius 1 is 1.36 bits per heavy atom. The number of fused-ring (bicyclic) bond motifs is 1. The van der Waals surface area contributed by atoms with Crippen LogP contribution in [-0.4, -0.2) is 29.8 Å². The van der Waals surface area contributed by atoms with Gasteiger partial charge in [-0.3, -0.25) is 0 Å². The van der Waals surface area contributed by atoms with Gasteiger partial charge in [0.2, 0.25) is 6.79 Å². The normalized spacial score (nSPS) is 12.0. The number of hydrogen-bond acceptors (Lipinski definition) is 7. The average molecular weight is 299 g/mol. The molecule has 1 aromatic carbocycles. The standard InChI is InChI=1S/C15H13N3O4/c1-3-9-12(15(19)20-2)17-14(18-13(9)16)8-4-5-10-11(6-8)22-7-21-10/h3-6H,1,7H2,2H3,(H2,16,17,18). The van der Waals surface area contributed by atoms with E-state index < -0.39 is 5.97 Å². The Labute approximate surface area is 126 Å². The molecule has 0 aliphatic carbocycles. The van der Waals surface area contributed by atoms with Crippen LogP contribution >= 0.6 is 0 Å². The number of benzene rings is 1. The van der Waals surface area contributed by atoms with Crippen molar-refractivity contribution in [1.82, 2.24) is 9.97 Å². The highest BCUT2D eigenvalue weighted by Gasteiger charge is 2.20. The summed E-state index contributed by atoms with van der Waals surface area (Å²) >= 11 is 0. The van der Waals surface area contributed by atoms with Crippen LogP contribution in [0, 0.1) is 0 Å². The minimum atomic E-state index is -0.606. The van der Waals surface area contributed by atoms with E-state index in [0.29, 0.717) is 28.5 Å². The molecule has 1 aromatic heterocycles. The van der Waals surface area contributed by atoms with E-state index in [1.165, 1.54) is 13.2 Å². The van der Waals surface area contributed by atoms with Crippen molar-refractivity contribution in [3.8, 4) is 22.9 Å². The highest BCUT2D eigenvalue weighted by molar-refractivity contribution is 5.93. The fourth-order valence-electron chi connectivity index (χ4n) is 2.11. The molecule has 0 saturated heterocycles. The quantitative estimate of drug-likeness (QED) is 0.864. The number of ether oxygens (including phenoxy) is 3. The van der Waals surface area contributed by atoms with Crippen molar-refractivity contribution in [3.05, 3.63) is 36.0 Å². The van der Waals surface area contributed by atoms with Crippen molar-refractivity contribution in [2.45, 2.75) is 0 Å². The van der Waals surface area contributed by atoms with Gasteiger partial charge in [0.25, 0.3) is 0 Å². The van der Waals surface area contributed by atoms with Gasteiger partial charge in [0.1, 0.15) is 5.82 Å². The Morgan fingerprint density at radius 3 is 2.86 bits per heavy atom. The van der Waals surface area contributed by atoms with Crippen LogP contribution in [0.4, 0.5) is 5.82 Å². The van der Waals surface area contributed by atoms with E-state index >= 15 is 0 Å². The van der Waals surface area contributed by atoms with Crippen LogP contribution in [0.5, 0.6) is 11.5 Å². The number of aromatic nitrogens is 2. The number of rotatable bonds is 3. The molecular weight excluding hydrogens is 286 g/mol. The van der Waals surface area contributed by atoms with E-state index in [4.69, 9.17) is 19.9 Å². The van der Waals surface area contributed by atoms with Gasteiger partial charge in [-0.05, 0) is 18.2 Å². The number of carbonyl (C=O) groups excluding carboxylic acids is 1. The number of hydrogen-bond donors (Lipinski definition) is 1. The lowest BCUT2D eigenvalue weighted by molar-refractivity contribution is 0.0594. The Hall–Kier alpha value is -3.09. The van der Waals surface area contributed by atoms with Crippen LogP contribution in [0.3, 0.4) is 0 Å². The molecule has 112 valence electrons. The van der Waals surface area contributed by atoms with E-state index in [-0.39, 0.29) is 18.3 Å². The first-order chi connectivity index (χ1) is 10.6. The number of methoxy groups -OCH3 is 1. The van der Waals surface area contributed by atoms with E-state index in [1.807, 2.05) is 0 Å². The van der Waals surface area contributed by atoms with Crippen molar-refractivity contribution < 1.29 is 19.0 Å². The van der Waals surface area contributed by atoms with E-state index in [9.17, 15) is 4.79 Å². The summed E-state index contributed by atoms with van der Waals surface area (Å²) in [5.74, 6) is 1.07. The summed E-state index contributed by atoms with van der Waals surface area (Å²) in [6, 6.07) is 5.24. The molecule has 0 amide bonds. The lowest BCUT2D eigenvalue weighted by Crippen LogP contribution is -2.11. The number of nitrogens with zero attached hydrogens (tertiary/aromatic N) is 2. The Balaban J connectivity index is 2.13. The summed E-state index contributed by atoms with van der Waals surface area (Å²) in [5.41, 5.74) is 6.95. The molecule has 0 unspecified atom stereocenters. The van der Waals surface area contributed by atoms with Gasteiger partial charge >= 0.3 is 5.97 Å². The van der Waals surface area contributed by atoms with Crippen LogP contribution in [-0.2, 0) is 4.74 Å². The minimum Gasteiger partial charge on any atom is -0.464 e. The molecule has 0 spiro atoms. The van der Waals surface area contributed by atoms with Gasteiger partial charge in [0, 0.05) is 11.1 Å². The summed E-state index contributed by atoms with van der Waals surface area (Å²) in [6.07, 6.45) is 1.42. The Bertz CT molecular complexity index is 774. The molecule has 0 atom stereocenters. The molecule has 22 heavy (non-hydrogen) atoms. The fourth-order valence-corrected chi connectivity index (χ4v) is 2.11. The van der Waals surface area contributed by atoms with Crippen molar-refractivity contribution in [2.24, 2.45) is 0 Å². The summed E-state index contributed by atoms with van der Waals surface area (Å²) < 4.78 is 15.3. The molecule has 2 heterocycles. The predicted octanol–water partition coefficient (Wildman–Crippen LogP) is 1.88. The van der Waals surface area contributed by atoms with Crippen molar-refractivity contribution in [2.75, 3.05) is 19.6 Å². The van der Waals surface area contributed by atoms with Gasteiger partial charge in [0.05, 0.1) is 7.11 Å². The van der Waals surface area contributed by atoms with E-state index in [0.717, 1.165) is 0 Å². The van der Waals surface area contributed by atoms with Gasteiger partial charge in [-0.1, -0.05) is 12.7 Å². The van der Waals surface area contributed by atoms with E-state index in [2.05, 4.69) is 16.5 Å². The smallest absolute Gasteiger partial charge is 0.357 e. The monoisotopic (exact) mass is 299 g/mol. The van der Waals surface area contributed by atoms with Gasteiger partial charge in [0.15, 0.2) is 23.0 Å². The third-order valence-electron chi connectivity index (χ3n) is 3.19. The molecule has 0 fully saturated rings. The molecule has 0 saturated carbocycles. The summed E-state index contributed by atoms with van der Waals surface area (Å²) in [5, 5.41) is 0. The number of esters is 1. The van der Waals surface area contributed by atoms with Gasteiger partial charge < -0.3 is 19.9 Å². The molecule has 2 N–H and O–H groups in total. The average Bonchev–Trinajstić information content (AvgIpc) is 3.00. The molecule has 2 aromatic rings. The molecule has 0 radical (unpaired) electrons. The van der Waals surface area contributed by atoms with E-state index in [1.54, 1.807) is 18.2 Å². The maximum atomic E-state index is 11.9. The van der Waals surface area contributed by atoms with Gasteiger partial charge in [-0.25, -0.2) is 14.8 Å². The highest BCUT2D eigenvalue weighted by Crippen LogP contribution is 2.35. The lowest BCUT2D eigenvalue weighted by atomic mass is 10.1. The first kappa shape index (κ1) is 13.9. The zero-order valence-corrected chi connectivity index (χ0v) is 11.8. The van der Waals surface area contributed by atoms with Crippen LogP contribution in [0.2, 0.25) is 0 Å². The highest BCUT2D eigenvalue weighted by atomic mass is 16.7. The second-order valence-corrected chi connectivity index (χ2v) is 4.46. The zero-order chi connectivity index (χ0) is 15.7. The molecule has 1 aliphatic heterocycles. The number of nitrogen functional groups attached to an aromatic ring is 1. The van der Waals surface area contributed by atoms with Crippen molar-refractivity contribution in [1.29, 1.82) is 0 Å². The van der Waals surface area contributed by atoms with Gasteiger partial charge in [-0.15, -0.1) is 0 Å². The van der Waals surface area contributed by atoms with Crippen LogP contribution < -0.4 is 15.2 Å². The lowest BCUT2D eigenvalue weighted by Gasteiger charge is -2.09. The largest absolute Gasteiger partial charge is 0.464 e. The SMILES string of the molecule is C=Cc1c(N)nc(-c2ccc3c(c2)OCO3)nc1C(=O)OC. The van der Waals surface area contributed by atoms with Crippen LogP contribution in [0.1, 0.15) is 16.1 Å². The summed E-state index contributed by atoms with van der Waals surface area (Å²) in [4.78, 5) is 20.3. The Kier molecular flexibility index (Phi) is 3.38. The zero-order valence-electron chi connectivity index (χ0n) is 11.8. The minimum absolute atomic E-state index is 0.0673. The molecule has 7 heteroatoms. The Morgan fingerprint density at radius 2 is 2.14 bits per heavy atom. The predicted molar refractivity (Wildman–Crippen MR) is 79.4 cm³/mol. The fraction of sp³-hybridized carbons (Fsp3) is 0.133. The third kappa shape index (κ3) is 2.22. The second kappa shape index (κ2) is 5.36. The first-order valence-electron chi connectivity index (χ1n) is 6.42. The van der Waals surface area contributed by atoms with Crippen LogP contribution in [0.15, 0.2) is 24.8 Å².